The Balaban J connectivity index is 0.000000170. The molecule has 0 saturated carbocycles. The average molecular weight is 490 g/mol. The van der Waals surface area contributed by atoms with E-state index >= 15 is 0 Å². The number of fused-ring (bicyclic) bond motifs is 1. The van der Waals surface area contributed by atoms with Crippen molar-refractivity contribution < 1.29 is 23.9 Å². The predicted molar refractivity (Wildman–Crippen MR) is 131 cm³/mol. The fourth-order valence-corrected chi connectivity index (χ4v) is 3.80. The van der Waals surface area contributed by atoms with Gasteiger partial charge in [0.25, 0.3) is 5.91 Å². The summed E-state index contributed by atoms with van der Waals surface area (Å²) in [6.07, 6.45) is 2.73. The molecular formula is C26H24FN5O4. The molecule has 1 aliphatic rings. The maximum atomic E-state index is 13.5. The molecular weight excluding hydrogens is 465 g/mol. The van der Waals surface area contributed by atoms with Crippen LogP contribution in [-0.4, -0.2) is 52.0 Å². The minimum Gasteiger partial charge on any atom is -0.507 e. The Morgan fingerprint density at radius 2 is 1.75 bits per heavy atom. The lowest BCUT2D eigenvalue weighted by Crippen LogP contribution is -2.36. The fourth-order valence-electron chi connectivity index (χ4n) is 3.80. The number of phenols is 1. The normalized spacial score (nSPS) is 14.6. The Hall–Kier alpha value is -4.57. The smallest absolute Gasteiger partial charge is 0.251 e. The van der Waals surface area contributed by atoms with Crippen LogP contribution >= 0.6 is 0 Å². The number of carbonyl (C=O) groups excluding carboxylic acids is 3. The molecule has 1 aromatic heterocycles. The first-order valence-electron chi connectivity index (χ1n) is 11.2. The van der Waals surface area contributed by atoms with Gasteiger partial charge in [-0.25, -0.2) is 4.39 Å². The van der Waals surface area contributed by atoms with Gasteiger partial charge in [0.1, 0.15) is 11.6 Å². The molecule has 184 valence electrons. The van der Waals surface area contributed by atoms with Crippen LogP contribution in [0.3, 0.4) is 0 Å². The van der Waals surface area contributed by atoms with Crippen molar-refractivity contribution in [2.75, 3.05) is 13.1 Å². The highest BCUT2D eigenvalue weighted by molar-refractivity contribution is 6.11. The first-order chi connectivity index (χ1) is 17.3. The maximum absolute atomic E-state index is 13.5. The van der Waals surface area contributed by atoms with Gasteiger partial charge in [0.05, 0.1) is 17.3 Å². The second-order valence-electron chi connectivity index (χ2n) is 8.24. The summed E-state index contributed by atoms with van der Waals surface area (Å²) in [4.78, 5) is 34.9. The van der Waals surface area contributed by atoms with Crippen molar-refractivity contribution in [2.45, 2.75) is 12.5 Å². The van der Waals surface area contributed by atoms with Crippen LogP contribution in [0.25, 0.3) is 10.9 Å². The maximum Gasteiger partial charge on any atom is 0.251 e. The molecule has 0 radical (unpaired) electrons. The van der Waals surface area contributed by atoms with Gasteiger partial charge in [-0.05, 0) is 55.4 Å². The number of ketones is 1. The van der Waals surface area contributed by atoms with E-state index in [9.17, 15) is 23.9 Å². The third-order valence-corrected chi connectivity index (χ3v) is 5.75. The molecule has 10 heteroatoms. The highest BCUT2D eigenvalue weighted by atomic mass is 19.1. The second kappa shape index (κ2) is 10.8. The number of amides is 2. The highest BCUT2D eigenvalue weighted by Gasteiger charge is 2.19. The molecule has 1 fully saturated rings. The van der Waals surface area contributed by atoms with E-state index in [-0.39, 0.29) is 23.1 Å². The van der Waals surface area contributed by atoms with E-state index in [1.165, 1.54) is 36.4 Å². The molecule has 1 aliphatic heterocycles. The van der Waals surface area contributed by atoms with Crippen LogP contribution < -0.4 is 16.4 Å². The summed E-state index contributed by atoms with van der Waals surface area (Å²) in [5, 5.41) is 23.5. The van der Waals surface area contributed by atoms with Gasteiger partial charge in [0.2, 0.25) is 5.91 Å². The lowest BCUT2D eigenvalue weighted by Gasteiger charge is -2.11. The number of phenolic OH excluding ortho intramolecular Hbond substituents is 1. The van der Waals surface area contributed by atoms with Gasteiger partial charge >= 0.3 is 0 Å². The van der Waals surface area contributed by atoms with E-state index in [1.807, 2.05) is 18.2 Å². The summed E-state index contributed by atoms with van der Waals surface area (Å²) in [5.74, 6) is -2.52. The zero-order chi connectivity index (χ0) is 25.7. The van der Waals surface area contributed by atoms with E-state index in [4.69, 9.17) is 5.73 Å². The molecule has 0 bridgehead atoms. The van der Waals surface area contributed by atoms with Crippen LogP contribution in [0.4, 0.5) is 4.39 Å². The predicted octanol–water partition coefficient (Wildman–Crippen LogP) is 2.52. The van der Waals surface area contributed by atoms with Gasteiger partial charge in [-0.2, -0.15) is 5.10 Å². The summed E-state index contributed by atoms with van der Waals surface area (Å²) >= 11 is 0. The first kappa shape index (κ1) is 24.6. The topological polar surface area (TPSA) is 150 Å². The Labute approximate surface area is 205 Å². The second-order valence-corrected chi connectivity index (χ2v) is 8.24. The molecule has 1 atom stereocenters. The van der Waals surface area contributed by atoms with E-state index in [2.05, 4.69) is 20.8 Å². The molecule has 1 saturated heterocycles. The van der Waals surface area contributed by atoms with E-state index in [1.54, 1.807) is 6.20 Å². The molecule has 2 amide bonds. The Kier molecular flexibility index (Phi) is 7.36. The van der Waals surface area contributed by atoms with Gasteiger partial charge in [0, 0.05) is 34.7 Å². The summed E-state index contributed by atoms with van der Waals surface area (Å²) in [7, 11) is 0. The quantitative estimate of drug-likeness (QED) is 0.272. The molecule has 3 aromatic carbocycles. The first-order valence-corrected chi connectivity index (χ1v) is 11.2. The largest absolute Gasteiger partial charge is 0.507 e. The van der Waals surface area contributed by atoms with Crippen molar-refractivity contribution in [3.63, 3.8) is 0 Å². The number of halogens is 1. The Morgan fingerprint density at radius 3 is 2.42 bits per heavy atom. The molecule has 36 heavy (non-hydrogen) atoms. The van der Waals surface area contributed by atoms with Crippen molar-refractivity contribution in [3.05, 3.63) is 94.9 Å². The number of H-pyrrole nitrogens is 1. The Bertz CT molecular complexity index is 1390. The van der Waals surface area contributed by atoms with Crippen molar-refractivity contribution >= 4 is 28.5 Å². The van der Waals surface area contributed by atoms with E-state index < -0.39 is 28.8 Å². The zero-order valence-corrected chi connectivity index (χ0v) is 19.1. The van der Waals surface area contributed by atoms with Gasteiger partial charge in [0.15, 0.2) is 5.78 Å². The number of nitrogens with two attached hydrogens (primary N) is 1. The van der Waals surface area contributed by atoms with Crippen LogP contribution in [-0.2, 0) is 0 Å². The molecule has 2 heterocycles. The van der Waals surface area contributed by atoms with Gasteiger partial charge < -0.3 is 21.5 Å². The van der Waals surface area contributed by atoms with Gasteiger partial charge in [-0.15, -0.1) is 0 Å². The van der Waals surface area contributed by atoms with Crippen LogP contribution in [0, 0.1) is 5.82 Å². The van der Waals surface area contributed by atoms with Crippen LogP contribution in [0.2, 0.25) is 0 Å². The number of primary amides is 1. The fraction of sp³-hybridized carbons (Fsp3) is 0.154. The molecule has 4 aromatic rings. The third-order valence-electron chi connectivity index (χ3n) is 5.75. The number of hydrogen-bond acceptors (Lipinski definition) is 6. The average Bonchev–Trinajstić information content (AvgIpc) is 3.56. The Morgan fingerprint density at radius 1 is 1.03 bits per heavy atom. The van der Waals surface area contributed by atoms with Crippen LogP contribution in [0.15, 0.2) is 66.9 Å². The number of rotatable bonds is 5. The summed E-state index contributed by atoms with van der Waals surface area (Å²) in [6.45, 7) is 1.84. The number of aromatic amines is 1. The third kappa shape index (κ3) is 5.56. The minimum atomic E-state index is -0.802. The van der Waals surface area contributed by atoms with Crippen molar-refractivity contribution in [1.82, 2.24) is 20.8 Å². The number of nitrogens with one attached hydrogen (secondary N) is 3. The molecule has 0 aliphatic carbocycles. The summed E-state index contributed by atoms with van der Waals surface area (Å²) in [6, 6.07) is 14.9. The van der Waals surface area contributed by atoms with Crippen LogP contribution in [0.1, 0.15) is 43.1 Å². The monoisotopic (exact) mass is 489 g/mol. The lowest BCUT2D eigenvalue weighted by atomic mass is 10.0. The molecule has 0 unspecified atom stereocenters. The number of benzene rings is 3. The van der Waals surface area contributed by atoms with Crippen LogP contribution in [0.5, 0.6) is 5.75 Å². The van der Waals surface area contributed by atoms with Crippen molar-refractivity contribution in [2.24, 2.45) is 5.73 Å². The number of hydrogen-bond donors (Lipinski definition) is 5. The highest BCUT2D eigenvalue weighted by Crippen LogP contribution is 2.23. The minimum absolute atomic E-state index is 0.0122. The van der Waals surface area contributed by atoms with Crippen molar-refractivity contribution in [3.8, 4) is 5.75 Å². The number of aromatic nitrogens is 2. The molecule has 5 rings (SSSR count). The number of aromatic hydroxyl groups is 1. The number of carbonyl (C=O) groups is 3. The summed E-state index contributed by atoms with van der Waals surface area (Å²) in [5.41, 5.74) is 6.72. The van der Waals surface area contributed by atoms with Gasteiger partial charge in [-0.1, -0.05) is 18.2 Å². The zero-order valence-electron chi connectivity index (χ0n) is 19.1. The lowest BCUT2D eigenvalue weighted by molar-refractivity contribution is 0.0938. The van der Waals surface area contributed by atoms with Gasteiger partial charge in [-0.3, -0.25) is 19.5 Å². The molecule has 0 spiro atoms. The summed E-state index contributed by atoms with van der Waals surface area (Å²) < 4.78 is 13.5. The molecule has 9 nitrogen and oxygen atoms in total. The standard InChI is InChI=1S/C14H10FNO3.C12H14N4O/c15-10-2-1-3-11(17)12(10)13(18)8-4-6-9(7-5-8)14(16)19;17-12(15-10-3-4-13-7-10)8-1-2-11-9(5-8)6-14-16-11/h1-7,17H,(H2,16,19);1-2,5-6,10,13H,3-4,7H2,(H,14,16)(H,15,17)/t;10-/m.0/s1. The SMILES string of the molecule is NC(=O)c1ccc(C(=O)c2c(O)cccc2F)cc1.O=C(N[C@H]1CCNC1)c1ccc2[nH]ncc2c1. The number of nitrogens with zero attached hydrogens (tertiary/aromatic N) is 1. The van der Waals surface area contributed by atoms with E-state index in [0.29, 0.717) is 5.56 Å². The van der Waals surface area contributed by atoms with E-state index in [0.717, 1.165) is 36.5 Å². The van der Waals surface area contributed by atoms with Crippen molar-refractivity contribution in [1.29, 1.82) is 0 Å². The molecule has 6 N–H and O–H groups in total.